The first-order valence-corrected chi connectivity index (χ1v) is 7.24. The molecule has 0 saturated carbocycles. The molecule has 0 spiro atoms. The zero-order valence-electron chi connectivity index (χ0n) is 9.10. The number of hydrogen-bond acceptors (Lipinski definition) is 2. The Morgan fingerprint density at radius 3 is 2.60 bits per heavy atom. The SMILES string of the molecule is CNCC(=Cc1cc(Br)c(Br)s1)C(C)C. The Kier molecular flexibility index (Phi) is 5.53. The second kappa shape index (κ2) is 6.18. The van der Waals surface area contributed by atoms with E-state index in [1.807, 2.05) is 7.05 Å². The molecule has 1 aromatic rings. The van der Waals surface area contributed by atoms with Crippen molar-refractivity contribution in [2.75, 3.05) is 13.6 Å². The monoisotopic (exact) mass is 351 g/mol. The molecule has 0 bridgehead atoms. The Labute approximate surface area is 112 Å². The maximum atomic E-state index is 3.51. The van der Waals surface area contributed by atoms with Crippen LogP contribution >= 0.6 is 43.2 Å². The van der Waals surface area contributed by atoms with Crippen LogP contribution in [0.1, 0.15) is 18.7 Å². The third-order valence-corrected chi connectivity index (χ3v) is 5.32. The van der Waals surface area contributed by atoms with Crippen molar-refractivity contribution in [2.45, 2.75) is 13.8 Å². The van der Waals surface area contributed by atoms with Gasteiger partial charge in [0.05, 0.1) is 3.79 Å². The molecule has 0 fully saturated rings. The maximum Gasteiger partial charge on any atom is 0.0846 e. The largest absolute Gasteiger partial charge is 0.316 e. The Morgan fingerprint density at radius 2 is 2.20 bits per heavy atom. The lowest BCUT2D eigenvalue weighted by atomic mass is 10.0. The van der Waals surface area contributed by atoms with Gasteiger partial charge in [-0.15, -0.1) is 11.3 Å². The fraction of sp³-hybridized carbons (Fsp3) is 0.455. The van der Waals surface area contributed by atoms with Crippen molar-refractivity contribution >= 4 is 49.3 Å². The standard InChI is InChI=1S/C11H15Br2NS/c1-7(2)8(6-14-3)4-9-5-10(12)11(13)15-9/h4-5,7,14H,6H2,1-3H3. The van der Waals surface area contributed by atoms with Crippen molar-refractivity contribution in [3.8, 4) is 0 Å². The molecule has 1 N–H and O–H groups in total. The van der Waals surface area contributed by atoms with E-state index >= 15 is 0 Å². The van der Waals surface area contributed by atoms with E-state index in [2.05, 4.69) is 63.2 Å². The molecule has 1 rings (SSSR count). The molecule has 0 amide bonds. The Bertz CT molecular complexity index is 336. The summed E-state index contributed by atoms with van der Waals surface area (Å²) in [6.45, 7) is 5.40. The highest BCUT2D eigenvalue weighted by Crippen LogP contribution is 2.33. The predicted molar refractivity (Wildman–Crippen MR) is 76.5 cm³/mol. The second-order valence-electron chi connectivity index (χ2n) is 3.67. The number of hydrogen-bond donors (Lipinski definition) is 1. The summed E-state index contributed by atoms with van der Waals surface area (Å²) in [6, 6.07) is 2.15. The average Bonchev–Trinajstić information content (AvgIpc) is 2.45. The summed E-state index contributed by atoms with van der Waals surface area (Å²) in [5, 5.41) is 3.20. The van der Waals surface area contributed by atoms with Crippen LogP contribution in [-0.4, -0.2) is 13.6 Å². The minimum atomic E-state index is 0.581. The summed E-state index contributed by atoms with van der Waals surface area (Å²) < 4.78 is 2.28. The van der Waals surface area contributed by atoms with Crippen molar-refractivity contribution in [3.05, 3.63) is 24.8 Å². The van der Waals surface area contributed by atoms with Crippen LogP contribution < -0.4 is 5.32 Å². The first-order valence-electron chi connectivity index (χ1n) is 4.84. The molecule has 0 unspecified atom stereocenters. The summed E-state index contributed by atoms with van der Waals surface area (Å²) in [5.41, 5.74) is 1.43. The molecule has 0 aliphatic carbocycles. The molecule has 4 heteroatoms. The Morgan fingerprint density at radius 1 is 1.53 bits per heavy atom. The highest BCUT2D eigenvalue weighted by atomic mass is 79.9. The lowest BCUT2D eigenvalue weighted by Gasteiger charge is -2.09. The quantitative estimate of drug-likeness (QED) is 0.839. The van der Waals surface area contributed by atoms with Crippen LogP contribution in [0, 0.1) is 5.92 Å². The molecular formula is C11H15Br2NS. The van der Waals surface area contributed by atoms with Gasteiger partial charge in [-0.05, 0) is 57.0 Å². The van der Waals surface area contributed by atoms with Gasteiger partial charge < -0.3 is 5.32 Å². The first-order chi connectivity index (χ1) is 7.04. The average molecular weight is 353 g/mol. The van der Waals surface area contributed by atoms with Gasteiger partial charge in [0.25, 0.3) is 0 Å². The molecule has 0 saturated heterocycles. The van der Waals surface area contributed by atoms with E-state index in [0.717, 1.165) is 14.8 Å². The molecule has 1 heterocycles. The van der Waals surface area contributed by atoms with Crippen molar-refractivity contribution in [2.24, 2.45) is 5.92 Å². The zero-order valence-corrected chi connectivity index (χ0v) is 13.1. The van der Waals surface area contributed by atoms with E-state index in [4.69, 9.17) is 0 Å². The summed E-state index contributed by atoms with van der Waals surface area (Å²) in [7, 11) is 1.98. The third kappa shape index (κ3) is 4.02. The van der Waals surface area contributed by atoms with Crippen LogP contribution in [0.3, 0.4) is 0 Å². The predicted octanol–water partition coefficient (Wildman–Crippen LogP) is 4.53. The van der Waals surface area contributed by atoms with Gasteiger partial charge in [-0.2, -0.15) is 0 Å². The Hall–Kier alpha value is 0.360. The fourth-order valence-corrected chi connectivity index (χ4v) is 3.31. The van der Waals surface area contributed by atoms with Crippen molar-refractivity contribution in [1.29, 1.82) is 0 Å². The molecule has 84 valence electrons. The van der Waals surface area contributed by atoms with Gasteiger partial charge in [0.2, 0.25) is 0 Å². The number of thiophene rings is 1. The normalized spacial score (nSPS) is 12.5. The third-order valence-electron chi connectivity index (χ3n) is 2.11. The zero-order chi connectivity index (χ0) is 11.4. The van der Waals surface area contributed by atoms with E-state index in [0.29, 0.717) is 5.92 Å². The number of nitrogens with one attached hydrogen (secondary N) is 1. The summed E-state index contributed by atoms with van der Waals surface area (Å²) in [4.78, 5) is 1.28. The van der Waals surface area contributed by atoms with Crippen LogP contribution in [0.4, 0.5) is 0 Å². The van der Waals surface area contributed by atoms with Crippen LogP contribution in [0.15, 0.2) is 19.9 Å². The van der Waals surface area contributed by atoms with E-state index in [1.54, 1.807) is 11.3 Å². The molecule has 0 radical (unpaired) electrons. The van der Waals surface area contributed by atoms with E-state index in [9.17, 15) is 0 Å². The highest BCUT2D eigenvalue weighted by Gasteiger charge is 2.06. The summed E-state index contributed by atoms with van der Waals surface area (Å²) in [6.07, 6.45) is 2.27. The van der Waals surface area contributed by atoms with Crippen LogP contribution in [0.25, 0.3) is 6.08 Å². The molecular weight excluding hydrogens is 338 g/mol. The lowest BCUT2D eigenvalue weighted by molar-refractivity contribution is 0.713. The molecule has 1 nitrogen and oxygen atoms in total. The first kappa shape index (κ1) is 13.4. The van der Waals surface area contributed by atoms with Gasteiger partial charge >= 0.3 is 0 Å². The number of halogens is 2. The van der Waals surface area contributed by atoms with E-state index in [1.165, 1.54) is 10.5 Å². The second-order valence-corrected chi connectivity index (χ2v) is 6.93. The Balaban J connectivity index is 2.91. The lowest BCUT2D eigenvalue weighted by Crippen LogP contribution is -2.13. The van der Waals surface area contributed by atoms with Crippen molar-refractivity contribution in [1.82, 2.24) is 5.32 Å². The molecule has 1 aromatic heterocycles. The van der Waals surface area contributed by atoms with Crippen molar-refractivity contribution in [3.63, 3.8) is 0 Å². The van der Waals surface area contributed by atoms with E-state index in [-0.39, 0.29) is 0 Å². The maximum absolute atomic E-state index is 3.51. The molecule has 0 aliphatic rings. The molecule has 15 heavy (non-hydrogen) atoms. The highest BCUT2D eigenvalue weighted by molar-refractivity contribution is 9.13. The number of likely N-dealkylation sites (N-methyl/N-ethyl adjacent to an activating group) is 1. The molecule has 0 aromatic carbocycles. The van der Waals surface area contributed by atoms with Crippen LogP contribution in [-0.2, 0) is 0 Å². The van der Waals surface area contributed by atoms with Gasteiger partial charge in [-0.3, -0.25) is 0 Å². The van der Waals surface area contributed by atoms with Gasteiger partial charge in [-0.1, -0.05) is 19.4 Å². The van der Waals surface area contributed by atoms with Crippen LogP contribution in [0.5, 0.6) is 0 Å². The minimum absolute atomic E-state index is 0.581. The number of rotatable bonds is 4. The summed E-state index contributed by atoms with van der Waals surface area (Å²) >= 11 is 8.76. The van der Waals surface area contributed by atoms with Crippen LogP contribution in [0.2, 0.25) is 0 Å². The van der Waals surface area contributed by atoms with Gasteiger partial charge in [0.15, 0.2) is 0 Å². The molecule has 0 aliphatic heterocycles. The summed E-state index contributed by atoms with van der Waals surface area (Å²) in [5.74, 6) is 0.581. The van der Waals surface area contributed by atoms with E-state index < -0.39 is 0 Å². The molecule has 0 atom stereocenters. The fourth-order valence-electron chi connectivity index (χ4n) is 1.24. The smallest absolute Gasteiger partial charge is 0.0846 e. The van der Waals surface area contributed by atoms with Gasteiger partial charge in [0.1, 0.15) is 0 Å². The topological polar surface area (TPSA) is 12.0 Å². The van der Waals surface area contributed by atoms with Crippen molar-refractivity contribution < 1.29 is 0 Å². The van der Waals surface area contributed by atoms with Gasteiger partial charge in [-0.25, -0.2) is 0 Å². The van der Waals surface area contributed by atoms with Gasteiger partial charge in [0, 0.05) is 15.9 Å². The minimum Gasteiger partial charge on any atom is -0.316 e.